The minimum absolute atomic E-state index is 0.0722. The van der Waals surface area contributed by atoms with E-state index in [9.17, 15) is 4.79 Å². The highest BCUT2D eigenvalue weighted by Gasteiger charge is 2.63. The number of benzene rings is 2. The molecule has 3 fully saturated rings. The fraction of sp³-hybridized carbons (Fsp3) is 0.458. The second kappa shape index (κ2) is 7.15. The van der Waals surface area contributed by atoms with Crippen molar-refractivity contribution in [2.24, 2.45) is 11.8 Å². The summed E-state index contributed by atoms with van der Waals surface area (Å²) in [6.45, 7) is 2.53. The minimum atomic E-state index is -0.126. The molecule has 5 rings (SSSR count). The van der Waals surface area contributed by atoms with Gasteiger partial charge in [0, 0.05) is 30.5 Å². The lowest BCUT2D eigenvalue weighted by Gasteiger charge is -2.30. The van der Waals surface area contributed by atoms with E-state index >= 15 is 0 Å². The largest absolute Gasteiger partial charge is 0.457 e. The maximum atomic E-state index is 13.3. The van der Waals surface area contributed by atoms with Crippen LogP contribution in [0.2, 0.25) is 0 Å². The summed E-state index contributed by atoms with van der Waals surface area (Å²) in [7, 11) is 4.24. The second-order valence-electron chi connectivity index (χ2n) is 8.92. The van der Waals surface area contributed by atoms with Crippen molar-refractivity contribution in [2.75, 3.05) is 33.7 Å². The Bertz CT molecular complexity index is 900. The zero-order valence-electron chi connectivity index (χ0n) is 17.1. The van der Waals surface area contributed by atoms with Crippen molar-refractivity contribution in [2.45, 2.75) is 24.5 Å². The van der Waals surface area contributed by atoms with Gasteiger partial charge in [0.15, 0.2) is 0 Å². The summed E-state index contributed by atoms with van der Waals surface area (Å²) in [5.41, 5.74) is 0.549. The Labute approximate surface area is 172 Å². The lowest BCUT2D eigenvalue weighted by atomic mass is 9.73. The summed E-state index contributed by atoms with van der Waals surface area (Å²) in [5.74, 6) is 2.48. The van der Waals surface area contributed by atoms with Crippen LogP contribution in [0, 0.1) is 11.8 Å². The van der Waals surface area contributed by atoms with Gasteiger partial charge in [-0.1, -0.05) is 24.3 Å². The zero-order valence-corrected chi connectivity index (χ0v) is 17.1. The van der Waals surface area contributed by atoms with Gasteiger partial charge in [-0.3, -0.25) is 4.79 Å². The van der Waals surface area contributed by atoms with E-state index in [-0.39, 0.29) is 11.5 Å². The molecule has 1 spiro atoms. The summed E-state index contributed by atoms with van der Waals surface area (Å²) >= 11 is 0. The average Bonchev–Trinajstić information content (AvgIpc) is 3.38. The Morgan fingerprint density at radius 2 is 1.97 bits per heavy atom. The smallest absolute Gasteiger partial charge is 0.254 e. The first-order valence-corrected chi connectivity index (χ1v) is 10.5. The lowest BCUT2D eigenvalue weighted by Crippen LogP contribution is -2.40. The predicted octanol–water partition coefficient (Wildman–Crippen LogP) is 3.66. The number of ether oxygens (including phenoxy) is 2. The molecule has 0 unspecified atom stereocenters. The second-order valence-corrected chi connectivity index (χ2v) is 8.92. The number of para-hydroxylation sites is 1. The van der Waals surface area contributed by atoms with Crippen LogP contribution in [0.5, 0.6) is 11.5 Å². The quantitative estimate of drug-likeness (QED) is 0.779. The topological polar surface area (TPSA) is 42.0 Å². The van der Waals surface area contributed by atoms with E-state index < -0.39 is 0 Å². The molecule has 0 N–H and O–H groups in total. The number of amides is 1. The number of hydrogen-bond acceptors (Lipinski definition) is 4. The highest BCUT2D eigenvalue weighted by molar-refractivity contribution is 5.95. The van der Waals surface area contributed by atoms with Gasteiger partial charge >= 0.3 is 0 Å². The van der Waals surface area contributed by atoms with Gasteiger partial charge in [0.25, 0.3) is 5.91 Å². The highest BCUT2D eigenvalue weighted by Crippen LogP contribution is 2.55. The van der Waals surface area contributed by atoms with Gasteiger partial charge in [-0.05, 0) is 57.3 Å². The van der Waals surface area contributed by atoms with E-state index in [4.69, 9.17) is 9.47 Å². The Morgan fingerprint density at radius 3 is 2.76 bits per heavy atom. The molecular weight excluding hydrogens is 364 g/mol. The number of likely N-dealkylation sites (tertiary alicyclic amines) is 1. The molecule has 5 heteroatoms. The maximum Gasteiger partial charge on any atom is 0.254 e. The van der Waals surface area contributed by atoms with Crippen molar-refractivity contribution < 1.29 is 14.3 Å². The van der Waals surface area contributed by atoms with Crippen molar-refractivity contribution in [3.8, 4) is 11.5 Å². The summed E-state index contributed by atoms with van der Waals surface area (Å²) in [5, 5.41) is 0. The third kappa shape index (κ3) is 3.32. The van der Waals surface area contributed by atoms with E-state index in [2.05, 4.69) is 19.0 Å². The Kier molecular flexibility index (Phi) is 4.60. The molecule has 3 aliphatic heterocycles. The van der Waals surface area contributed by atoms with Gasteiger partial charge in [0.2, 0.25) is 0 Å². The van der Waals surface area contributed by atoms with E-state index in [0.717, 1.165) is 31.7 Å². The number of rotatable bonds is 5. The van der Waals surface area contributed by atoms with Gasteiger partial charge < -0.3 is 19.3 Å². The van der Waals surface area contributed by atoms with Gasteiger partial charge in [0.05, 0.1) is 18.2 Å². The van der Waals surface area contributed by atoms with Crippen LogP contribution in [0.25, 0.3) is 0 Å². The number of fused-ring (bicyclic) bond motifs is 1. The number of carbonyl (C=O) groups excluding carboxylic acids is 1. The van der Waals surface area contributed by atoms with Crippen molar-refractivity contribution in [3.63, 3.8) is 0 Å². The first kappa shape index (κ1) is 18.6. The lowest BCUT2D eigenvalue weighted by molar-refractivity contribution is 0.00256. The molecule has 0 saturated carbocycles. The molecule has 0 radical (unpaired) electrons. The fourth-order valence-corrected chi connectivity index (χ4v) is 5.51. The molecule has 3 aliphatic rings. The van der Waals surface area contributed by atoms with Gasteiger partial charge in [0.1, 0.15) is 11.5 Å². The zero-order chi connectivity index (χ0) is 20.0. The number of carbonyl (C=O) groups is 1. The fourth-order valence-electron chi connectivity index (χ4n) is 5.51. The Morgan fingerprint density at radius 1 is 1.17 bits per heavy atom. The molecule has 4 atom stereocenters. The first-order valence-electron chi connectivity index (χ1n) is 10.5. The molecule has 0 aromatic heterocycles. The molecule has 2 aromatic rings. The van der Waals surface area contributed by atoms with Crippen molar-refractivity contribution >= 4 is 5.91 Å². The molecule has 29 heavy (non-hydrogen) atoms. The molecular formula is C24H28N2O3. The summed E-state index contributed by atoms with van der Waals surface area (Å²) in [6, 6.07) is 17.1. The SMILES string of the molecule is CN(C)C[C@H]1[C@@H]2CC[C@@]3(CN(C(=O)c4cccc(Oc5ccccc5)c4)C[C@@H]13)O2. The molecule has 3 heterocycles. The molecule has 2 bridgehead atoms. The summed E-state index contributed by atoms with van der Waals surface area (Å²) < 4.78 is 12.4. The van der Waals surface area contributed by atoms with Crippen LogP contribution < -0.4 is 4.74 Å². The Hall–Kier alpha value is -2.37. The normalized spacial score (nSPS) is 30.0. The molecule has 5 nitrogen and oxygen atoms in total. The monoisotopic (exact) mass is 392 g/mol. The molecule has 3 saturated heterocycles. The molecule has 152 valence electrons. The van der Waals surface area contributed by atoms with Crippen molar-refractivity contribution in [1.29, 1.82) is 0 Å². The van der Waals surface area contributed by atoms with E-state index in [1.165, 1.54) is 0 Å². The van der Waals surface area contributed by atoms with E-state index in [0.29, 0.717) is 35.8 Å². The summed E-state index contributed by atoms with van der Waals surface area (Å²) in [6.07, 6.45) is 2.56. The first-order chi connectivity index (χ1) is 14.0. The van der Waals surface area contributed by atoms with E-state index in [1.807, 2.05) is 59.5 Å². The highest BCUT2D eigenvalue weighted by atomic mass is 16.5. The van der Waals surface area contributed by atoms with E-state index in [1.54, 1.807) is 0 Å². The van der Waals surface area contributed by atoms with Gasteiger partial charge in [-0.2, -0.15) is 0 Å². The standard InChI is InChI=1S/C24H28N2O3/c1-25(2)14-20-21-15-26(16-24(21)12-11-22(20)29-24)23(27)17-7-6-10-19(13-17)28-18-8-4-3-5-9-18/h3-10,13,20-22H,11-12,14-16H2,1-2H3/t20-,21+,22+,24+/m1/s1. The van der Waals surface area contributed by atoms with Gasteiger partial charge in [-0.25, -0.2) is 0 Å². The van der Waals surface area contributed by atoms with Crippen LogP contribution in [0.4, 0.5) is 0 Å². The van der Waals surface area contributed by atoms with Crippen LogP contribution in [0.3, 0.4) is 0 Å². The van der Waals surface area contributed by atoms with Crippen LogP contribution in [-0.4, -0.2) is 61.1 Å². The maximum absolute atomic E-state index is 13.3. The van der Waals surface area contributed by atoms with Crippen LogP contribution in [-0.2, 0) is 4.74 Å². The molecule has 1 amide bonds. The summed E-state index contributed by atoms with van der Waals surface area (Å²) in [4.78, 5) is 17.5. The number of nitrogens with zero attached hydrogens (tertiary/aromatic N) is 2. The molecule has 0 aliphatic carbocycles. The average molecular weight is 392 g/mol. The van der Waals surface area contributed by atoms with Crippen LogP contribution >= 0.6 is 0 Å². The third-order valence-electron chi connectivity index (χ3n) is 6.71. The third-order valence-corrected chi connectivity index (χ3v) is 6.71. The predicted molar refractivity (Wildman–Crippen MR) is 111 cm³/mol. The van der Waals surface area contributed by atoms with Crippen LogP contribution in [0.1, 0.15) is 23.2 Å². The Balaban J connectivity index is 1.32. The van der Waals surface area contributed by atoms with Crippen LogP contribution in [0.15, 0.2) is 54.6 Å². The molecule has 2 aromatic carbocycles. The number of hydrogen-bond donors (Lipinski definition) is 0. The van der Waals surface area contributed by atoms with Crippen molar-refractivity contribution in [1.82, 2.24) is 9.80 Å². The van der Waals surface area contributed by atoms with Gasteiger partial charge in [-0.15, -0.1) is 0 Å². The minimum Gasteiger partial charge on any atom is -0.457 e. The van der Waals surface area contributed by atoms with Crippen molar-refractivity contribution in [3.05, 3.63) is 60.2 Å².